The van der Waals surface area contributed by atoms with E-state index < -0.39 is 23.7 Å². The first-order chi connectivity index (χ1) is 7.90. The fraction of sp³-hybridized carbons (Fsp3) is 0.200. The Kier molecular flexibility index (Phi) is 4.42. The molecule has 0 aliphatic carbocycles. The molecule has 0 aromatic heterocycles. The van der Waals surface area contributed by atoms with Crippen LogP contribution >= 0.6 is 11.6 Å². The SMILES string of the molecule is NC(=O)CC(N)C(=O)Nc1ccc(Cl)cc1F. The summed E-state index contributed by atoms with van der Waals surface area (Å²) in [5.74, 6) is -2.08. The number of hydrogen-bond donors (Lipinski definition) is 3. The van der Waals surface area contributed by atoms with Crippen LogP contribution in [0.2, 0.25) is 5.02 Å². The molecular formula is C10H11ClFN3O2. The van der Waals surface area contributed by atoms with Crippen molar-refractivity contribution in [3.05, 3.63) is 29.0 Å². The van der Waals surface area contributed by atoms with Crippen molar-refractivity contribution < 1.29 is 14.0 Å². The van der Waals surface area contributed by atoms with Gasteiger partial charge in [0.15, 0.2) is 0 Å². The van der Waals surface area contributed by atoms with E-state index in [2.05, 4.69) is 5.32 Å². The molecular weight excluding hydrogens is 249 g/mol. The molecule has 17 heavy (non-hydrogen) atoms. The van der Waals surface area contributed by atoms with Gasteiger partial charge in [-0.15, -0.1) is 0 Å². The van der Waals surface area contributed by atoms with E-state index >= 15 is 0 Å². The van der Waals surface area contributed by atoms with E-state index in [1.807, 2.05) is 0 Å². The third-order valence-corrected chi connectivity index (χ3v) is 2.18. The Morgan fingerprint density at radius 3 is 2.65 bits per heavy atom. The van der Waals surface area contributed by atoms with Gasteiger partial charge in [0, 0.05) is 5.02 Å². The van der Waals surface area contributed by atoms with Crippen LogP contribution in [0.1, 0.15) is 6.42 Å². The van der Waals surface area contributed by atoms with E-state index in [9.17, 15) is 14.0 Å². The summed E-state index contributed by atoms with van der Waals surface area (Å²) in [5.41, 5.74) is 10.2. The van der Waals surface area contributed by atoms with Gasteiger partial charge in [0.1, 0.15) is 5.82 Å². The largest absolute Gasteiger partial charge is 0.370 e. The van der Waals surface area contributed by atoms with Gasteiger partial charge in [0.05, 0.1) is 18.2 Å². The molecule has 0 saturated carbocycles. The fourth-order valence-electron chi connectivity index (χ4n) is 1.13. The van der Waals surface area contributed by atoms with Crippen LogP contribution in [0.25, 0.3) is 0 Å². The molecule has 7 heteroatoms. The summed E-state index contributed by atoms with van der Waals surface area (Å²) >= 11 is 5.55. The van der Waals surface area contributed by atoms with Gasteiger partial charge in [-0.25, -0.2) is 4.39 Å². The second-order valence-electron chi connectivity index (χ2n) is 3.39. The van der Waals surface area contributed by atoms with Crippen LogP contribution in [-0.4, -0.2) is 17.9 Å². The molecule has 0 radical (unpaired) electrons. The van der Waals surface area contributed by atoms with Gasteiger partial charge in [-0.1, -0.05) is 11.6 Å². The van der Waals surface area contributed by atoms with E-state index in [4.69, 9.17) is 23.1 Å². The highest BCUT2D eigenvalue weighted by molar-refractivity contribution is 6.30. The predicted molar refractivity (Wildman–Crippen MR) is 61.8 cm³/mol. The lowest BCUT2D eigenvalue weighted by Gasteiger charge is -2.11. The molecule has 1 rings (SSSR count). The van der Waals surface area contributed by atoms with Crippen LogP contribution in [-0.2, 0) is 9.59 Å². The zero-order valence-corrected chi connectivity index (χ0v) is 9.50. The summed E-state index contributed by atoms with van der Waals surface area (Å²) in [5, 5.41) is 2.45. The molecule has 1 atom stereocenters. The minimum absolute atomic E-state index is 0.0562. The Hall–Kier alpha value is -1.66. The van der Waals surface area contributed by atoms with E-state index in [-0.39, 0.29) is 17.1 Å². The van der Waals surface area contributed by atoms with Crippen molar-refractivity contribution in [1.29, 1.82) is 0 Å². The van der Waals surface area contributed by atoms with E-state index in [0.29, 0.717) is 0 Å². The van der Waals surface area contributed by atoms with Crippen LogP contribution in [0.4, 0.5) is 10.1 Å². The highest BCUT2D eigenvalue weighted by atomic mass is 35.5. The third kappa shape index (κ3) is 4.01. The lowest BCUT2D eigenvalue weighted by molar-refractivity contribution is -0.123. The first-order valence-corrected chi connectivity index (χ1v) is 5.07. The smallest absolute Gasteiger partial charge is 0.241 e. The van der Waals surface area contributed by atoms with Gasteiger partial charge in [0.2, 0.25) is 11.8 Å². The third-order valence-electron chi connectivity index (χ3n) is 1.95. The maximum absolute atomic E-state index is 13.3. The maximum atomic E-state index is 13.3. The zero-order valence-electron chi connectivity index (χ0n) is 8.74. The molecule has 0 aliphatic rings. The molecule has 5 nitrogen and oxygen atoms in total. The number of nitrogens with one attached hydrogen (secondary N) is 1. The summed E-state index contributed by atoms with van der Waals surface area (Å²) in [4.78, 5) is 22.0. The summed E-state index contributed by atoms with van der Waals surface area (Å²) < 4.78 is 13.3. The fourth-order valence-corrected chi connectivity index (χ4v) is 1.28. The number of benzene rings is 1. The maximum Gasteiger partial charge on any atom is 0.241 e. The summed E-state index contributed by atoms with van der Waals surface area (Å²) in [6, 6.07) is 2.66. The number of hydrogen-bond acceptors (Lipinski definition) is 3. The molecule has 0 spiro atoms. The molecule has 1 unspecified atom stereocenters. The van der Waals surface area contributed by atoms with Crippen LogP contribution < -0.4 is 16.8 Å². The van der Waals surface area contributed by atoms with Gasteiger partial charge >= 0.3 is 0 Å². The van der Waals surface area contributed by atoms with Crippen molar-refractivity contribution in [2.24, 2.45) is 11.5 Å². The minimum atomic E-state index is -1.11. The van der Waals surface area contributed by atoms with E-state index in [0.717, 1.165) is 6.07 Å². The topological polar surface area (TPSA) is 98.2 Å². The zero-order chi connectivity index (χ0) is 13.0. The Balaban J connectivity index is 2.71. The normalized spacial score (nSPS) is 11.9. The van der Waals surface area contributed by atoms with Crippen molar-refractivity contribution in [3.63, 3.8) is 0 Å². The molecule has 2 amide bonds. The number of carbonyl (C=O) groups is 2. The standard InChI is InChI=1S/C10H11ClFN3O2/c11-5-1-2-8(6(12)3-5)15-10(17)7(13)4-9(14)16/h1-3,7H,4,13H2,(H2,14,16)(H,15,17). The average molecular weight is 260 g/mol. The van der Waals surface area contributed by atoms with Crippen LogP contribution in [0.5, 0.6) is 0 Å². The number of primary amides is 1. The van der Waals surface area contributed by atoms with Gasteiger partial charge in [0.25, 0.3) is 0 Å². The first-order valence-electron chi connectivity index (χ1n) is 4.70. The molecule has 0 heterocycles. The van der Waals surface area contributed by atoms with Crippen molar-refractivity contribution >= 4 is 29.1 Å². The Bertz CT molecular complexity index is 453. The monoisotopic (exact) mass is 259 g/mol. The molecule has 0 bridgehead atoms. The van der Waals surface area contributed by atoms with E-state index in [1.54, 1.807) is 0 Å². The van der Waals surface area contributed by atoms with Crippen LogP contribution in [0.3, 0.4) is 0 Å². The number of rotatable bonds is 4. The van der Waals surface area contributed by atoms with Gasteiger partial charge in [-0.3, -0.25) is 9.59 Å². The number of anilines is 1. The number of halogens is 2. The number of carbonyl (C=O) groups excluding carboxylic acids is 2. The Morgan fingerprint density at radius 2 is 2.12 bits per heavy atom. The average Bonchev–Trinajstić information content (AvgIpc) is 2.21. The number of amides is 2. The van der Waals surface area contributed by atoms with Crippen molar-refractivity contribution in [2.75, 3.05) is 5.32 Å². The molecule has 1 aromatic rings. The molecule has 0 saturated heterocycles. The van der Waals surface area contributed by atoms with E-state index in [1.165, 1.54) is 12.1 Å². The highest BCUT2D eigenvalue weighted by Gasteiger charge is 2.17. The highest BCUT2D eigenvalue weighted by Crippen LogP contribution is 2.18. The van der Waals surface area contributed by atoms with Crippen molar-refractivity contribution in [3.8, 4) is 0 Å². The molecule has 1 aromatic carbocycles. The Morgan fingerprint density at radius 1 is 1.47 bits per heavy atom. The Labute approximate surface area is 102 Å². The summed E-state index contributed by atoms with van der Waals surface area (Å²) in [7, 11) is 0. The van der Waals surface area contributed by atoms with Crippen molar-refractivity contribution in [1.82, 2.24) is 0 Å². The van der Waals surface area contributed by atoms with Crippen molar-refractivity contribution in [2.45, 2.75) is 12.5 Å². The number of nitrogens with two attached hydrogens (primary N) is 2. The lowest BCUT2D eigenvalue weighted by atomic mass is 10.2. The molecule has 0 aliphatic heterocycles. The van der Waals surface area contributed by atoms with Gasteiger partial charge in [-0.2, -0.15) is 0 Å². The van der Waals surface area contributed by atoms with Gasteiger partial charge < -0.3 is 16.8 Å². The summed E-state index contributed by atoms with van der Waals surface area (Å²) in [6.45, 7) is 0. The quantitative estimate of drug-likeness (QED) is 0.739. The second kappa shape index (κ2) is 5.60. The van der Waals surface area contributed by atoms with Crippen LogP contribution in [0, 0.1) is 5.82 Å². The first kappa shape index (κ1) is 13.4. The summed E-state index contributed by atoms with van der Waals surface area (Å²) in [6.07, 6.45) is -0.305. The van der Waals surface area contributed by atoms with Crippen LogP contribution in [0.15, 0.2) is 18.2 Å². The molecule has 0 fully saturated rings. The lowest BCUT2D eigenvalue weighted by Crippen LogP contribution is -2.39. The molecule has 5 N–H and O–H groups in total. The minimum Gasteiger partial charge on any atom is -0.370 e. The molecule has 92 valence electrons. The van der Waals surface area contributed by atoms with Gasteiger partial charge in [-0.05, 0) is 18.2 Å². The second-order valence-corrected chi connectivity index (χ2v) is 3.83. The predicted octanol–water partition coefficient (Wildman–Crippen LogP) is 0.620.